The Morgan fingerprint density at radius 1 is 1.22 bits per heavy atom. The molecule has 1 N–H and O–H groups in total. The monoisotopic (exact) mass is 365 g/mol. The summed E-state index contributed by atoms with van der Waals surface area (Å²) in [5.74, 6) is -0.208. The van der Waals surface area contributed by atoms with Gasteiger partial charge in [-0.15, -0.1) is 0 Å². The van der Waals surface area contributed by atoms with Crippen molar-refractivity contribution in [2.45, 2.75) is 0 Å². The Bertz CT molecular complexity index is 934. The lowest BCUT2D eigenvalue weighted by Crippen LogP contribution is -2.46. The average Bonchev–Trinajstić information content (AvgIpc) is 2.66. The first-order valence-corrected chi connectivity index (χ1v) is 8.55. The fraction of sp³-hybridized carbons (Fsp3) is 0.250. The summed E-state index contributed by atoms with van der Waals surface area (Å²) in [6.07, 6.45) is 0. The van der Waals surface area contributed by atoms with Crippen LogP contribution in [0.4, 0.5) is 15.8 Å². The predicted octanol–water partition coefficient (Wildman–Crippen LogP) is 2.86. The van der Waals surface area contributed by atoms with Crippen LogP contribution in [-0.2, 0) is 0 Å². The normalized spacial score (nSPS) is 16.2. The molecule has 0 unspecified atom stereocenters. The lowest BCUT2D eigenvalue weighted by Gasteiger charge is -2.32. The summed E-state index contributed by atoms with van der Waals surface area (Å²) in [6, 6.07) is 12.7. The number of aliphatic imine (C=N–C) groups is 1. The van der Waals surface area contributed by atoms with Crippen LogP contribution in [0.15, 0.2) is 47.5 Å². The van der Waals surface area contributed by atoms with Crippen LogP contribution < -0.4 is 5.32 Å². The molecule has 1 saturated heterocycles. The lowest BCUT2D eigenvalue weighted by molar-refractivity contribution is 0.102. The van der Waals surface area contributed by atoms with E-state index < -0.39 is 11.7 Å². The van der Waals surface area contributed by atoms with Crippen molar-refractivity contribution >= 4 is 23.1 Å². The molecule has 6 nitrogen and oxygen atoms in total. The molecule has 1 aliphatic heterocycles. The van der Waals surface area contributed by atoms with E-state index in [4.69, 9.17) is 0 Å². The van der Waals surface area contributed by atoms with Gasteiger partial charge < -0.3 is 10.2 Å². The van der Waals surface area contributed by atoms with Gasteiger partial charge in [-0.1, -0.05) is 12.1 Å². The SMILES string of the molecule is CN1CCN(C)C(=Nc2ccc(C#N)cc2C(=O)Nc2ccccc2F)C1. The molecule has 138 valence electrons. The molecule has 7 heteroatoms. The van der Waals surface area contributed by atoms with Gasteiger partial charge in [0.1, 0.15) is 11.7 Å². The number of amidine groups is 1. The second-order valence-electron chi connectivity index (χ2n) is 6.47. The fourth-order valence-electron chi connectivity index (χ4n) is 2.79. The summed E-state index contributed by atoms with van der Waals surface area (Å²) in [7, 11) is 3.96. The van der Waals surface area contributed by atoms with Crippen LogP contribution in [0.25, 0.3) is 0 Å². The van der Waals surface area contributed by atoms with Crippen LogP contribution in [0, 0.1) is 17.1 Å². The van der Waals surface area contributed by atoms with E-state index in [1.807, 2.05) is 25.1 Å². The van der Waals surface area contributed by atoms with Crippen molar-refractivity contribution in [1.29, 1.82) is 5.26 Å². The van der Waals surface area contributed by atoms with E-state index in [2.05, 4.69) is 15.2 Å². The Labute approximate surface area is 157 Å². The Morgan fingerprint density at radius 3 is 2.74 bits per heavy atom. The molecule has 0 spiro atoms. The predicted molar refractivity (Wildman–Crippen MR) is 103 cm³/mol. The van der Waals surface area contributed by atoms with Crippen LogP contribution in [0.5, 0.6) is 0 Å². The summed E-state index contributed by atoms with van der Waals surface area (Å²) < 4.78 is 13.9. The van der Waals surface area contributed by atoms with Crippen molar-refractivity contribution < 1.29 is 9.18 Å². The molecule has 1 heterocycles. The van der Waals surface area contributed by atoms with Crippen molar-refractivity contribution in [3.05, 3.63) is 59.4 Å². The number of benzene rings is 2. The standard InChI is InChI=1S/C20H20FN5O/c1-25-9-10-26(2)19(13-25)23-17-8-7-14(12-22)11-15(17)20(27)24-18-6-4-3-5-16(18)21/h3-8,11H,9-10,13H2,1-2H3,(H,24,27). The van der Waals surface area contributed by atoms with E-state index in [1.54, 1.807) is 24.3 Å². The molecule has 0 aromatic heterocycles. The number of carbonyl (C=O) groups excluding carboxylic acids is 1. The number of rotatable bonds is 3. The summed E-state index contributed by atoms with van der Waals surface area (Å²) >= 11 is 0. The van der Waals surface area contributed by atoms with E-state index in [-0.39, 0.29) is 11.3 Å². The third-order valence-corrected chi connectivity index (χ3v) is 4.41. The van der Waals surface area contributed by atoms with E-state index in [0.717, 1.165) is 18.9 Å². The summed E-state index contributed by atoms with van der Waals surface area (Å²) in [4.78, 5) is 21.6. The van der Waals surface area contributed by atoms with Crippen LogP contribution in [0.2, 0.25) is 0 Å². The Hall–Kier alpha value is -3.24. The van der Waals surface area contributed by atoms with Crippen molar-refractivity contribution in [2.75, 3.05) is 39.0 Å². The first-order chi connectivity index (χ1) is 13.0. The van der Waals surface area contributed by atoms with Crippen molar-refractivity contribution in [2.24, 2.45) is 4.99 Å². The molecule has 1 fully saturated rings. The summed E-state index contributed by atoms with van der Waals surface area (Å²) in [5, 5.41) is 11.7. The smallest absolute Gasteiger partial charge is 0.257 e. The maximum absolute atomic E-state index is 13.9. The van der Waals surface area contributed by atoms with E-state index in [9.17, 15) is 14.4 Å². The largest absolute Gasteiger partial charge is 0.361 e. The van der Waals surface area contributed by atoms with Gasteiger partial charge in [0, 0.05) is 20.1 Å². The number of nitriles is 1. The number of amides is 1. The number of halogens is 1. The van der Waals surface area contributed by atoms with E-state index in [0.29, 0.717) is 17.8 Å². The van der Waals surface area contributed by atoms with Gasteiger partial charge in [-0.05, 0) is 37.4 Å². The third-order valence-electron chi connectivity index (χ3n) is 4.41. The van der Waals surface area contributed by atoms with Gasteiger partial charge >= 0.3 is 0 Å². The first-order valence-electron chi connectivity index (χ1n) is 8.55. The molecule has 2 aromatic rings. The van der Waals surface area contributed by atoms with Gasteiger partial charge in [-0.2, -0.15) is 5.26 Å². The average molecular weight is 365 g/mol. The number of nitrogens with zero attached hydrogens (tertiary/aromatic N) is 4. The number of anilines is 1. The Kier molecular flexibility index (Phi) is 5.48. The minimum atomic E-state index is -0.524. The molecule has 2 aromatic carbocycles. The summed E-state index contributed by atoms with van der Waals surface area (Å²) in [6.45, 7) is 2.43. The second kappa shape index (κ2) is 7.98. The molecular formula is C20H20FN5O. The van der Waals surface area contributed by atoms with Crippen molar-refractivity contribution in [3.63, 3.8) is 0 Å². The number of likely N-dealkylation sites (N-methyl/N-ethyl adjacent to an activating group) is 2. The third kappa shape index (κ3) is 4.30. The van der Waals surface area contributed by atoms with Gasteiger partial charge in [-0.25, -0.2) is 9.38 Å². The second-order valence-corrected chi connectivity index (χ2v) is 6.47. The van der Waals surface area contributed by atoms with Gasteiger partial charge in [0.25, 0.3) is 5.91 Å². The summed E-state index contributed by atoms with van der Waals surface area (Å²) in [5.41, 5.74) is 1.09. The zero-order chi connectivity index (χ0) is 19.4. The molecule has 0 radical (unpaired) electrons. The Balaban J connectivity index is 1.97. The van der Waals surface area contributed by atoms with E-state index in [1.165, 1.54) is 18.2 Å². The van der Waals surface area contributed by atoms with Crippen LogP contribution in [-0.4, -0.2) is 55.3 Å². The first kappa shape index (κ1) is 18.5. The minimum Gasteiger partial charge on any atom is -0.361 e. The maximum atomic E-state index is 13.9. The molecule has 3 rings (SSSR count). The topological polar surface area (TPSA) is 71.7 Å². The lowest BCUT2D eigenvalue weighted by atomic mass is 10.1. The number of para-hydroxylation sites is 1. The number of hydrogen-bond acceptors (Lipinski definition) is 4. The van der Waals surface area contributed by atoms with Gasteiger partial charge in [0.05, 0.1) is 35.1 Å². The van der Waals surface area contributed by atoms with Gasteiger partial charge in [0.2, 0.25) is 0 Å². The molecule has 0 saturated carbocycles. The van der Waals surface area contributed by atoms with Crippen LogP contribution in [0.3, 0.4) is 0 Å². The maximum Gasteiger partial charge on any atom is 0.257 e. The van der Waals surface area contributed by atoms with Crippen molar-refractivity contribution in [1.82, 2.24) is 9.80 Å². The highest BCUT2D eigenvalue weighted by Crippen LogP contribution is 2.24. The molecule has 0 aliphatic carbocycles. The van der Waals surface area contributed by atoms with Gasteiger partial charge in [-0.3, -0.25) is 9.69 Å². The highest BCUT2D eigenvalue weighted by Gasteiger charge is 2.19. The van der Waals surface area contributed by atoms with Crippen LogP contribution in [0.1, 0.15) is 15.9 Å². The number of nitrogens with one attached hydrogen (secondary N) is 1. The van der Waals surface area contributed by atoms with Gasteiger partial charge in [0.15, 0.2) is 0 Å². The van der Waals surface area contributed by atoms with Crippen LogP contribution >= 0.6 is 0 Å². The number of piperazine rings is 1. The van der Waals surface area contributed by atoms with E-state index >= 15 is 0 Å². The molecule has 0 bridgehead atoms. The highest BCUT2D eigenvalue weighted by atomic mass is 19.1. The zero-order valence-corrected chi connectivity index (χ0v) is 15.2. The highest BCUT2D eigenvalue weighted by molar-refractivity contribution is 6.08. The molecular weight excluding hydrogens is 345 g/mol. The molecule has 1 amide bonds. The Morgan fingerprint density at radius 2 is 2.00 bits per heavy atom. The number of carbonyl (C=O) groups is 1. The number of hydrogen-bond donors (Lipinski definition) is 1. The minimum absolute atomic E-state index is 0.0815. The fourth-order valence-corrected chi connectivity index (χ4v) is 2.79. The molecule has 1 aliphatic rings. The molecule has 0 atom stereocenters. The molecule has 27 heavy (non-hydrogen) atoms. The van der Waals surface area contributed by atoms with Crippen molar-refractivity contribution in [3.8, 4) is 6.07 Å². The zero-order valence-electron chi connectivity index (χ0n) is 15.2. The quantitative estimate of drug-likeness (QED) is 0.908.